The Bertz CT molecular complexity index is 970. The SMILES string of the molecule is CS(=O)(=O)c1ccc(OC2c3cc(Cl)cc(Cl)c3CC2CN2CCCC2)cc1. The molecule has 0 spiro atoms. The lowest BCUT2D eigenvalue weighted by molar-refractivity contribution is 0.121. The van der Waals surface area contributed by atoms with E-state index in [1.807, 2.05) is 6.07 Å². The van der Waals surface area contributed by atoms with E-state index in [1.54, 1.807) is 30.3 Å². The largest absolute Gasteiger partial charge is 0.485 e. The van der Waals surface area contributed by atoms with Crippen LogP contribution in [0.3, 0.4) is 0 Å². The summed E-state index contributed by atoms with van der Waals surface area (Å²) in [6.45, 7) is 3.20. The first-order valence-electron chi connectivity index (χ1n) is 9.48. The fourth-order valence-electron chi connectivity index (χ4n) is 4.24. The van der Waals surface area contributed by atoms with Crippen molar-refractivity contribution in [1.82, 2.24) is 4.90 Å². The maximum absolute atomic E-state index is 11.7. The number of fused-ring (bicyclic) bond motifs is 1. The van der Waals surface area contributed by atoms with E-state index in [-0.39, 0.29) is 16.9 Å². The van der Waals surface area contributed by atoms with Crippen molar-refractivity contribution < 1.29 is 13.2 Å². The molecule has 0 amide bonds. The molecule has 2 aromatic rings. The zero-order valence-electron chi connectivity index (χ0n) is 15.7. The molecule has 150 valence electrons. The second-order valence-electron chi connectivity index (χ2n) is 7.71. The highest BCUT2D eigenvalue weighted by Crippen LogP contribution is 2.44. The van der Waals surface area contributed by atoms with Gasteiger partial charge in [-0.3, -0.25) is 0 Å². The third-order valence-corrected chi connectivity index (χ3v) is 7.29. The normalized spacial score (nSPS) is 22.4. The van der Waals surface area contributed by atoms with Gasteiger partial charge in [0.1, 0.15) is 11.9 Å². The molecule has 2 aliphatic rings. The van der Waals surface area contributed by atoms with E-state index in [4.69, 9.17) is 27.9 Å². The molecule has 0 radical (unpaired) electrons. The summed E-state index contributed by atoms with van der Waals surface area (Å²) in [5, 5.41) is 1.29. The molecule has 1 heterocycles. The molecule has 7 heteroatoms. The van der Waals surface area contributed by atoms with Crippen LogP contribution in [0.4, 0.5) is 0 Å². The molecule has 0 aromatic heterocycles. The van der Waals surface area contributed by atoms with E-state index in [2.05, 4.69) is 4.90 Å². The van der Waals surface area contributed by atoms with Gasteiger partial charge in [0.15, 0.2) is 9.84 Å². The lowest BCUT2D eigenvalue weighted by atomic mass is 10.0. The summed E-state index contributed by atoms with van der Waals surface area (Å²) in [5.41, 5.74) is 2.14. The average molecular weight is 440 g/mol. The van der Waals surface area contributed by atoms with Gasteiger partial charge in [-0.2, -0.15) is 0 Å². The number of hydrogen-bond donors (Lipinski definition) is 0. The van der Waals surface area contributed by atoms with E-state index in [1.165, 1.54) is 19.1 Å². The van der Waals surface area contributed by atoms with Gasteiger partial charge in [-0.15, -0.1) is 0 Å². The molecule has 2 atom stereocenters. The number of halogens is 2. The highest BCUT2D eigenvalue weighted by atomic mass is 35.5. The van der Waals surface area contributed by atoms with Crippen LogP contribution in [0.2, 0.25) is 10.0 Å². The zero-order chi connectivity index (χ0) is 19.9. The Morgan fingerprint density at radius 3 is 2.43 bits per heavy atom. The van der Waals surface area contributed by atoms with Crippen LogP contribution in [0, 0.1) is 5.92 Å². The first-order valence-corrected chi connectivity index (χ1v) is 12.1. The first-order chi connectivity index (χ1) is 13.3. The fourth-order valence-corrected chi connectivity index (χ4v) is 5.46. The maximum atomic E-state index is 11.7. The summed E-state index contributed by atoms with van der Waals surface area (Å²) in [7, 11) is -3.23. The van der Waals surface area contributed by atoms with Crippen molar-refractivity contribution >= 4 is 33.0 Å². The van der Waals surface area contributed by atoms with Crippen molar-refractivity contribution in [3.05, 3.63) is 57.6 Å². The second-order valence-corrected chi connectivity index (χ2v) is 10.6. The van der Waals surface area contributed by atoms with Crippen LogP contribution in [0.5, 0.6) is 5.75 Å². The quantitative estimate of drug-likeness (QED) is 0.671. The minimum absolute atomic E-state index is 0.157. The summed E-state index contributed by atoms with van der Waals surface area (Å²) in [4.78, 5) is 2.77. The number of sulfone groups is 1. The van der Waals surface area contributed by atoms with Crippen LogP contribution in [0.1, 0.15) is 30.1 Å². The molecule has 4 rings (SSSR count). The lowest BCUT2D eigenvalue weighted by Gasteiger charge is -2.26. The van der Waals surface area contributed by atoms with Crippen LogP contribution in [0.15, 0.2) is 41.3 Å². The number of nitrogens with zero attached hydrogens (tertiary/aromatic N) is 1. The highest BCUT2D eigenvalue weighted by molar-refractivity contribution is 7.90. The van der Waals surface area contributed by atoms with E-state index < -0.39 is 9.84 Å². The van der Waals surface area contributed by atoms with Gasteiger partial charge in [-0.05, 0) is 79.9 Å². The first kappa shape index (κ1) is 20.0. The fraction of sp³-hybridized carbons (Fsp3) is 0.429. The third kappa shape index (κ3) is 4.18. The second kappa shape index (κ2) is 7.86. The topological polar surface area (TPSA) is 46.6 Å². The van der Waals surface area contributed by atoms with Gasteiger partial charge in [-0.1, -0.05) is 23.2 Å². The van der Waals surface area contributed by atoms with Gasteiger partial charge in [0.05, 0.1) is 4.90 Å². The van der Waals surface area contributed by atoms with Crippen LogP contribution in [-0.4, -0.2) is 39.2 Å². The van der Waals surface area contributed by atoms with Crippen LogP contribution < -0.4 is 4.74 Å². The van der Waals surface area contributed by atoms with Crippen molar-refractivity contribution in [2.45, 2.75) is 30.3 Å². The predicted molar refractivity (Wildman–Crippen MR) is 112 cm³/mol. The summed E-state index contributed by atoms with van der Waals surface area (Å²) in [6, 6.07) is 10.3. The van der Waals surface area contributed by atoms with Crippen molar-refractivity contribution in [3.63, 3.8) is 0 Å². The van der Waals surface area contributed by atoms with E-state index in [0.29, 0.717) is 15.8 Å². The number of likely N-dealkylation sites (tertiary alicyclic amines) is 1. The van der Waals surface area contributed by atoms with Crippen molar-refractivity contribution in [1.29, 1.82) is 0 Å². The third-order valence-electron chi connectivity index (χ3n) is 5.60. The summed E-state index contributed by atoms with van der Waals surface area (Å²) in [5.74, 6) is 0.923. The minimum Gasteiger partial charge on any atom is -0.485 e. The Hall–Kier alpha value is -1.27. The summed E-state index contributed by atoms with van der Waals surface area (Å²) >= 11 is 12.7. The van der Waals surface area contributed by atoms with Gasteiger partial charge >= 0.3 is 0 Å². The molecule has 28 heavy (non-hydrogen) atoms. The minimum atomic E-state index is -3.23. The van der Waals surface area contributed by atoms with Crippen LogP contribution in [0.25, 0.3) is 0 Å². The van der Waals surface area contributed by atoms with E-state index >= 15 is 0 Å². The molecule has 2 unspecified atom stereocenters. The molecule has 0 saturated carbocycles. The van der Waals surface area contributed by atoms with Gasteiger partial charge in [0.2, 0.25) is 0 Å². The Labute approximate surface area is 176 Å². The smallest absolute Gasteiger partial charge is 0.175 e. The van der Waals surface area contributed by atoms with Gasteiger partial charge < -0.3 is 9.64 Å². The highest BCUT2D eigenvalue weighted by Gasteiger charge is 2.37. The molecule has 4 nitrogen and oxygen atoms in total. The molecular formula is C21H23Cl2NO3S. The molecule has 1 saturated heterocycles. The Morgan fingerprint density at radius 1 is 1.11 bits per heavy atom. The monoisotopic (exact) mass is 439 g/mol. The number of ether oxygens (including phenoxy) is 1. The van der Waals surface area contributed by atoms with E-state index in [0.717, 1.165) is 37.2 Å². The predicted octanol–water partition coefficient (Wildman–Crippen LogP) is 4.79. The van der Waals surface area contributed by atoms with Gasteiger partial charge in [0, 0.05) is 28.8 Å². The molecule has 2 aromatic carbocycles. The molecule has 1 fully saturated rings. The number of hydrogen-bond acceptors (Lipinski definition) is 4. The van der Waals surface area contributed by atoms with Crippen molar-refractivity contribution in [2.24, 2.45) is 5.92 Å². The summed E-state index contributed by atoms with van der Waals surface area (Å²) in [6.07, 6.45) is 4.38. The molecular weight excluding hydrogens is 417 g/mol. The number of rotatable bonds is 5. The zero-order valence-corrected chi connectivity index (χ0v) is 18.0. The van der Waals surface area contributed by atoms with Crippen LogP contribution >= 0.6 is 23.2 Å². The van der Waals surface area contributed by atoms with Crippen LogP contribution in [-0.2, 0) is 16.3 Å². The molecule has 1 aliphatic carbocycles. The number of benzene rings is 2. The van der Waals surface area contributed by atoms with E-state index in [9.17, 15) is 8.42 Å². The van der Waals surface area contributed by atoms with Crippen molar-refractivity contribution in [2.75, 3.05) is 25.9 Å². The average Bonchev–Trinajstić information content (AvgIpc) is 3.25. The van der Waals surface area contributed by atoms with Gasteiger partial charge in [0.25, 0.3) is 0 Å². The molecule has 0 bridgehead atoms. The Kier molecular flexibility index (Phi) is 5.62. The van der Waals surface area contributed by atoms with Crippen molar-refractivity contribution in [3.8, 4) is 5.75 Å². The lowest BCUT2D eigenvalue weighted by Crippen LogP contribution is -2.30. The molecule has 1 aliphatic heterocycles. The Balaban J connectivity index is 1.63. The van der Waals surface area contributed by atoms with Gasteiger partial charge in [-0.25, -0.2) is 8.42 Å². The summed E-state index contributed by atoms with van der Waals surface area (Å²) < 4.78 is 29.8. The molecule has 0 N–H and O–H groups in total. The Morgan fingerprint density at radius 2 is 1.79 bits per heavy atom. The maximum Gasteiger partial charge on any atom is 0.175 e. The standard InChI is InChI=1S/C21H23Cl2NO3S/c1-28(25,26)17-6-4-16(5-7-17)27-21-14(13-24-8-2-3-9-24)10-18-19(21)11-15(22)12-20(18)23/h4-7,11-12,14,21H,2-3,8-10,13H2,1H3.